The van der Waals surface area contributed by atoms with E-state index in [-0.39, 0.29) is 17.7 Å². The van der Waals surface area contributed by atoms with E-state index in [4.69, 9.17) is 9.15 Å². The van der Waals surface area contributed by atoms with Crippen LogP contribution >= 0.6 is 15.9 Å². The number of ether oxygens (including phenoxy) is 1. The van der Waals surface area contributed by atoms with E-state index in [1.807, 2.05) is 0 Å². The maximum atomic E-state index is 12.1. The molecule has 1 aromatic heterocycles. The van der Waals surface area contributed by atoms with E-state index >= 15 is 0 Å². The van der Waals surface area contributed by atoms with Gasteiger partial charge in [0.1, 0.15) is 0 Å². The number of carbonyl (C=O) groups is 2. The molecule has 3 atom stereocenters. The topological polar surface area (TPSA) is 68.5 Å². The van der Waals surface area contributed by atoms with E-state index in [9.17, 15) is 9.59 Å². The van der Waals surface area contributed by atoms with Crippen molar-refractivity contribution in [2.24, 2.45) is 5.92 Å². The van der Waals surface area contributed by atoms with Crippen LogP contribution in [0, 0.1) is 5.92 Å². The molecule has 1 fully saturated rings. The minimum Gasteiger partial charge on any atom is -0.447 e. The number of halogens is 1. The lowest BCUT2D eigenvalue weighted by Crippen LogP contribution is -2.45. The van der Waals surface area contributed by atoms with Gasteiger partial charge in [-0.25, -0.2) is 4.79 Å². The van der Waals surface area contributed by atoms with Gasteiger partial charge in [0.05, 0.1) is 0 Å². The van der Waals surface area contributed by atoms with Crippen molar-refractivity contribution in [3.63, 3.8) is 0 Å². The smallest absolute Gasteiger partial charge is 0.375 e. The molecule has 5 nitrogen and oxygen atoms in total. The Balaban J connectivity index is 1.86. The molecule has 0 spiro atoms. The molecule has 0 aromatic carbocycles. The fourth-order valence-electron chi connectivity index (χ4n) is 2.53. The van der Waals surface area contributed by atoms with Crippen LogP contribution in [0.3, 0.4) is 0 Å². The van der Waals surface area contributed by atoms with Crippen LogP contribution in [0.4, 0.5) is 0 Å². The van der Waals surface area contributed by atoms with E-state index in [1.165, 1.54) is 12.5 Å². The predicted octanol–water partition coefficient (Wildman–Crippen LogP) is 3.28. The highest BCUT2D eigenvalue weighted by Crippen LogP contribution is 2.24. The molecule has 21 heavy (non-hydrogen) atoms. The molecule has 6 heteroatoms. The highest BCUT2D eigenvalue weighted by Gasteiger charge is 2.27. The summed E-state index contributed by atoms with van der Waals surface area (Å²) < 4.78 is 10.7. The summed E-state index contributed by atoms with van der Waals surface area (Å²) in [6, 6.07) is 3.27. The van der Waals surface area contributed by atoms with E-state index < -0.39 is 12.1 Å². The summed E-state index contributed by atoms with van der Waals surface area (Å²) in [4.78, 5) is 23.9. The first-order chi connectivity index (χ1) is 9.97. The molecule has 0 radical (unpaired) electrons. The van der Waals surface area contributed by atoms with Gasteiger partial charge in [0.2, 0.25) is 5.76 Å². The Morgan fingerprint density at radius 2 is 2.10 bits per heavy atom. The van der Waals surface area contributed by atoms with Crippen molar-refractivity contribution in [2.75, 3.05) is 0 Å². The van der Waals surface area contributed by atoms with Gasteiger partial charge in [-0.15, -0.1) is 0 Å². The molecule has 1 N–H and O–H groups in total. The van der Waals surface area contributed by atoms with E-state index in [0.717, 1.165) is 19.3 Å². The summed E-state index contributed by atoms with van der Waals surface area (Å²) in [5.74, 6) is -0.355. The van der Waals surface area contributed by atoms with Crippen LogP contribution in [0.5, 0.6) is 0 Å². The summed E-state index contributed by atoms with van der Waals surface area (Å²) in [6.45, 7) is 3.71. The molecule has 0 saturated heterocycles. The number of esters is 1. The zero-order valence-electron chi connectivity index (χ0n) is 12.2. The van der Waals surface area contributed by atoms with Crippen LogP contribution in [0.1, 0.15) is 50.1 Å². The number of amides is 1. The average molecular weight is 358 g/mol. The highest BCUT2D eigenvalue weighted by molar-refractivity contribution is 9.10. The molecule has 2 rings (SSSR count). The summed E-state index contributed by atoms with van der Waals surface area (Å²) in [5.41, 5.74) is 0. The normalized spacial score (nSPS) is 23.4. The lowest BCUT2D eigenvalue weighted by atomic mass is 9.86. The Morgan fingerprint density at radius 3 is 2.71 bits per heavy atom. The minimum atomic E-state index is -0.837. The van der Waals surface area contributed by atoms with Gasteiger partial charge >= 0.3 is 5.97 Å². The second kappa shape index (κ2) is 7.11. The summed E-state index contributed by atoms with van der Waals surface area (Å²) >= 11 is 3.11. The van der Waals surface area contributed by atoms with Crippen LogP contribution in [-0.4, -0.2) is 24.0 Å². The van der Waals surface area contributed by atoms with Crippen molar-refractivity contribution in [1.82, 2.24) is 5.32 Å². The van der Waals surface area contributed by atoms with Gasteiger partial charge in [-0.2, -0.15) is 0 Å². The Labute approximate surface area is 132 Å². The number of carbonyl (C=O) groups excluding carboxylic acids is 2. The zero-order valence-corrected chi connectivity index (χ0v) is 13.8. The Hall–Kier alpha value is -1.30. The molecule has 3 unspecified atom stereocenters. The quantitative estimate of drug-likeness (QED) is 0.839. The van der Waals surface area contributed by atoms with Gasteiger partial charge in [0, 0.05) is 6.04 Å². The van der Waals surface area contributed by atoms with Crippen molar-refractivity contribution in [3.8, 4) is 0 Å². The minimum absolute atomic E-state index is 0.0764. The summed E-state index contributed by atoms with van der Waals surface area (Å²) in [6.07, 6.45) is 3.61. The Morgan fingerprint density at radius 1 is 1.38 bits per heavy atom. The number of furan rings is 1. The van der Waals surface area contributed by atoms with Gasteiger partial charge in [0.15, 0.2) is 10.8 Å². The monoisotopic (exact) mass is 357 g/mol. The van der Waals surface area contributed by atoms with Crippen LogP contribution < -0.4 is 5.32 Å². The summed E-state index contributed by atoms with van der Waals surface area (Å²) in [7, 11) is 0. The fourth-order valence-corrected chi connectivity index (χ4v) is 2.83. The molecule has 1 aliphatic rings. The maximum Gasteiger partial charge on any atom is 0.375 e. The third kappa shape index (κ3) is 4.33. The van der Waals surface area contributed by atoms with Crippen LogP contribution in [0.15, 0.2) is 21.2 Å². The molecule has 0 bridgehead atoms. The maximum absolute atomic E-state index is 12.1. The van der Waals surface area contributed by atoms with Gasteiger partial charge < -0.3 is 14.5 Å². The number of hydrogen-bond donors (Lipinski definition) is 1. The third-order valence-corrected chi connectivity index (χ3v) is 4.29. The highest BCUT2D eigenvalue weighted by atomic mass is 79.9. The average Bonchev–Trinajstić information content (AvgIpc) is 2.88. The number of rotatable bonds is 4. The van der Waals surface area contributed by atoms with E-state index in [2.05, 4.69) is 28.2 Å². The fraction of sp³-hybridized carbons (Fsp3) is 0.600. The molecular formula is C15H20BrNO4. The molecule has 1 aliphatic carbocycles. The van der Waals surface area contributed by atoms with Gasteiger partial charge in [-0.3, -0.25) is 4.79 Å². The van der Waals surface area contributed by atoms with Crippen molar-refractivity contribution in [2.45, 2.75) is 51.7 Å². The Bertz CT molecular complexity index is 514. The molecule has 1 aromatic rings. The second-order valence-corrected chi connectivity index (χ2v) is 6.31. The van der Waals surface area contributed by atoms with Crippen LogP contribution in [0.2, 0.25) is 0 Å². The Kier molecular flexibility index (Phi) is 5.45. The SMILES string of the molecule is CC(OC(=O)c1ccc(Br)o1)C(=O)NC1CCCCC1C. The van der Waals surface area contributed by atoms with Crippen molar-refractivity contribution in [1.29, 1.82) is 0 Å². The lowest BCUT2D eigenvalue weighted by molar-refractivity contribution is -0.130. The first-order valence-electron chi connectivity index (χ1n) is 7.24. The second-order valence-electron chi connectivity index (χ2n) is 5.53. The lowest BCUT2D eigenvalue weighted by Gasteiger charge is -2.30. The zero-order chi connectivity index (χ0) is 15.4. The summed E-state index contributed by atoms with van der Waals surface area (Å²) in [5, 5.41) is 2.97. The first kappa shape index (κ1) is 16.1. The van der Waals surface area contributed by atoms with Gasteiger partial charge in [-0.05, 0) is 53.7 Å². The molecule has 116 valence electrons. The number of hydrogen-bond acceptors (Lipinski definition) is 4. The van der Waals surface area contributed by atoms with E-state index in [1.54, 1.807) is 13.0 Å². The molecule has 1 saturated carbocycles. The van der Waals surface area contributed by atoms with Crippen molar-refractivity contribution in [3.05, 3.63) is 22.6 Å². The van der Waals surface area contributed by atoms with Gasteiger partial charge in [-0.1, -0.05) is 19.8 Å². The largest absolute Gasteiger partial charge is 0.447 e. The van der Waals surface area contributed by atoms with Crippen molar-refractivity contribution >= 4 is 27.8 Å². The molecule has 0 aliphatic heterocycles. The molecule has 1 amide bonds. The van der Waals surface area contributed by atoms with Crippen LogP contribution in [-0.2, 0) is 9.53 Å². The molecule has 1 heterocycles. The molecular weight excluding hydrogens is 338 g/mol. The predicted molar refractivity (Wildman–Crippen MR) is 80.8 cm³/mol. The number of nitrogens with one attached hydrogen (secondary N) is 1. The van der Waals surface area contributed by atoms with E-state index in [0.29, 0.717) is 10.6 Å². The third-order valence-electron chi connectivity index (χ3n) is 3.87. The standard InChI is InChI=1S/C15H20BrNO4/c1-9-5-3-4-6-11(9)17-14(18)10(2)20-15(19)12-7-8-13(16)21-12/h7-11H,3-6H2,1-2H3,(H,17,18). The van der Waals surface area contributed by atoms with Crippen molar-refractivity contribution < 1.29 is 18.7 Å². The van der Waals surface area contributed by atoms with Gasteiger partial charge in [0.25, 0.3) is 5.91 Å². The van der Waals surface area contributed by atoms with Crippen LogP contribution in [0.25, 0.3) is 0 Å². The first-order valence-corrected chi connectivity index (χ1v) is 8.03.